The van der Waals surface area contributed by atoms with Crippen molar-refractivity contribution in [3.63, 3.8) is 0 Å². The van der Waals surface area contributed by atoms with Crippen LogP contribution in [0.5, 0.6) is 0 Å². The van der Waals surface area contributed by atoms with E-state index in [1.165, 1.54) is 37.3 Å². The van der Waals surface area contributed by atoms with E-state index in [0.29, 0.717) is 0 Å². The third kappa shape index (κ3) is 2.38. The van der Waals surface area contributed by atoms with Gasteiger partial charge in [-0.15, -0.1) is 0 Å². The van der Waals surface area contributed by atoms with E-state index in [1.54, 1.807) is 0 Å². The lowest BCUT2D eigenvalue weighted by atomic mass is 10.2. The molecule has 0 fully saturated rings. The van der Waals surface area contributed by atoms with Crippen molar-refractivity contribution in [2.24, 2.45) is 0 Å². The summed E-state index contributed by atoms with van der Waals surface area (Å²) < 4.78 is 0. The van der Waals surface area contributed by atoms with Gasteiger partial charge in [0.05, 0.1) is 0 Å². The van der Waals surface area contributed by atoms with Gasteiger partial charge in [0.25, 0.3) is 0 Å². The van der Waals surface area contributed by atoms with Crippen molar-refractivity contribution in [1.29, 1.82) is 0 Å². The summed E-state index contributed by atoms with van der Waals surface area (Å²) in [5.41, 5.74) is 2.97. The molecule has 1 aliphatic heterocycles. The highest BCUT2D eigenvalue weighted by Crippen LogP contribution is 2.26. The third-order valence-corrected chi connectivity index (χ3v) is 3.56. The van der Waals surface area contributed by atoms with E-state index in [4.69, 9.17) is 0 Å². The fourth-order valence-electron chi connectivity index (χ4n) is 2.44. The highest BCUT2D eigenvalue weighted by Gasteiger charge is 2.17. The van der Waals surface area contributed by atoms with E-state index in [1.807, 2.05) is 0 Å². The fourth-order valence-corrected chi connectivity index (χ4v) is 2.44. The molecule has 0 saturated carbocycles. The first kappa shape index (κ1) is 11.5. The van der Waals surface area contributed by atoms with Crippen molar-refractivity contribution >= 4 is 5.69 Å². The van der Waals surface area contributed by atoms with Crippen molar-refractivity contribution in [2.45, 2.75) is 20.3 Å². The predicted molar refractivity (Wildman–Crippen MR) is 70.1 cm³/mol. The summed E-state index contributed by atoms with van der Waals surface area (Å²) in [5, 5.41) is 0. The van der Waals surface area contributed by atoms with Crippen LogP contribution >= 0.6 is 0 Å². The molecule has 0 spiro atoms. The lowest BCUT2D eigenvalue weighted by molar-refractivity contribution is 0.310. The molecule has 1 aliphatic rings. The van der Waals surface area contributed by atoms with Crippen LogP contribution in [0.4, 0.5) is 5.69 Å². The Morgan fingerprint density at radius 3 is 2.69 bits per heavy atom. The summed E-state index contributed by atoms with van der Waals surface area (Å²) in [6, 6.07) is 8.80. The summed E-state index contributed by atoms with van der Waals surface area (Å²) in [4.78, 5) is 5.01. The van der Waals surface area contributed by atoms with Gasteiger partial charge in [0.15, 0.2) is 0 Å². The highest BCUT2D eigenvalue weighted by atomic mass is 15.2. The summed E-state index contributed by atoms with van der Waals surface area (Å²) in [5.74, 6) is 0. The highest BCUT2D eigenvalue weighted by molar-refractivity contribution is 5.57. The van der Waals surface area contributed by atoms with Gasteiger partial charge in [0.1, 0.15) is 0 Å². The summed E-state index contributed by atoms with van der Waals surface area (Å²) in [6.07, 6.45) is 1.22. The molecular formula is C14H22N2. The molecule has 1 heterocycles. The van der Waals surface area contributed by atoms with E-state index in [-0.39, 0.29) is 0 Å². The molecule has 0 aromatic heterocycles. The largest absolute Gasteiger partial charge is 0.370 e. The zero-order valence-electron chi connectivity index (χ0n) is 10.4. The van der Waals surface area contributed by atoms with Crippen LogP contribution < -0.4 is 4.90 Å². The molecule has 0 radical (unpaired) electrons. The number of anilines is 1. The first-order valence-corrected chi connectivity index (χ1v) is 6.40. The lowest BCUT2D eigenvalue weighted by Crippen LogP contribution is -2.34. The van der Waals surface area contributed by atoms with Gasteiger partial charge in [0.2, 0.25) is 0 Å². The SMILES string of the molecule is CCN(CC)CCN1CCc2ccccc21. The standard InChI is InChI=1S/C14H22N2/c1-3-15(4-2)11-12-16-10-9-13-7-5-6-8-14(13)16/h5-8H,3-4,9-12H2,1-2H3. The molecule has 2 nitrogen and oxygen atoms in total. The van der Waals surface area contributed by atoms with Crippen LogP contribution in [0.1, 0.15) is 19.4 Å². The van der Waals surface area contributed by atoms with Crippen molar-refractivity contribution in [1.82, 2.24) is 4.90 Å². The van der Waals surface area contributed by atoms with Gasteiger partial charge in [0, 0.05) is 25.3 Å². The number of benzene rings is 1. The molecule has 0 aliphatic carbocycles. The molecule has 1 aromatic carbocycles. The Hall–Kier alpha value is -1.02. The van der Waals surface area contributed by atoms with Crippen LogP contribution in [0, 0.1) is 0 Å². The Balaban J connectivity index is 1.93. The summed E-state index contributed by atoms with van der Waals surface area (Å²) in [7, 11) is 0. The number of rotatable bonds is 5. The number of fused-ring (bicyclic) bond motifs is 1. The topological polar surface area (TPSA) is 6.48 Å². The maximum atomic E-state index is 2.52. The second-order valence-electron chi connectivity index (χ2n) is 4.39. The maximum Gasteiger partial charge on any atom is 0.0399 e. The zero-order chi connectivity index (χ0) is 11.4. The van der Waals surface area contributed by atoms with E-state index in [9.17, 15) is 0 Å². The van der Waals surface area contributed by atoms with E-state index in [2.05, 4.69) is 47.9 Å². The average molecular weight is 218 g/mol. The number of hydrogen-bond acceptors (Lipinski definition) is 2. The van der Waals surface area contributed by atoms with E-state index in [0.717, 1.165) is 13.1 Å². The molecule has 0 bridgehead atoms. The zero-order valence-corrected chi connectivity index (χ0v) is 10.4. The molecule has 16 heavy (non-hydrogen) atoms. The molecule has 0 atom stereocenters. The number of nitrogens with zero attached hydrogens (tertiary/aromatic N) is 2. The number of likely N-dealkylation sites (N-methyl/N-ethyl adjacent to an activating group) is 1. The second-order valence-corrected chi connectivity index (χ2v) is 4.39. The quantitative estimate of drug-likeness (QED) is 0.749. The Morgan fingerprint density at radius 1 is 1.19 bits per heavy atom. The fraction of sp³-hybridized carbons (Fsp3) is 0.571. The molecule has 0 saturated heterocycles. The molecule has 0 amide bonds. The Kier molecular flexibility index (Phi) is 3.83. The Morgan fingerprint density at radius 2 is 1.94 bits per heavy atom. The predicted octanol–water partition coefficient (Wildman–Crippen LogP) is 2.39. The minimum Gasteiger partial charge on any atom is -0.370 e. The van der Waals surface area contributed by atoms with Gasteiger partial charge in [-0.25, -0.2) is 0 Å². The normalized spacial score (nSPS) is 14.6. The van der Waals surface area contributed by atoms with E-state index < -0.39 is 0 Å². The van der Waals surface area contributed by atoms with Crippen LogP contribution in [0.2, 0.25) is 0 Å². The van der Waals surface area contributed by atoms with Crippen molar-refractivity contribution in [2.75, 3.05) is 37.6 Å². The van der Waals surface area contributed by atoms with Crippen LogP contribution in [0.3, 0.4) is 0 Å². The lowest BCUT2D eigenvalue weighted by Gasteiger charge is -2.24. The van der Waals surface area contributed by atoms with Gasteiger partial charge in [-0.05, 0) is 31.1 Å². The first-order valence-electron chi connectivity index (χ1n) is 6.40. The monoisotopic (exact) mass is 218 g/mol. The molecule has 88 valence electrons. The van der Waals surface area contributed by atoms with Gasteiger partial charge in [-0.3, -0.25) is 0 Å². The van der Waals surface area contributed by atoms with Crippen molar-refractivity contribution in [3.05, 3.63) is 29.8 Å². The van der Waals surface area contributed by atoms with Crippen LogP contribution in [-0.4, -0.2) is 37.6 Å². The van der Waals surface area contributed by atoms with Crippen LogP contribution in [0.25, 0.3) is 0 Å². The van der Waals surface area contributed by atoms with Crippen LogP contribution in [-0.2, 0) is 6.42 Å². The summed E-state index contributed by atoms with van der Waals surface area (Å²) >= 11 is 0. The molecule has 2 heteroatoms. The summed E-state index contributed by atoms with van der Waals surface area (Å²) in [6.45, 7) is 10.3. The maximum absolute atomic E-state index is 2.52. The number of hydrogen-bond donors (Lipinski definition) is 0. The van der Waals surface area contributed by atoms with Crippen LogP contribution in [0.15, 0.2) is 24.3 Å². The smallest absolute Gasteiger partial charge is 0.0399 e. The van der Waals surface area contributed by atoms with Crippen molar-refractivity contribution < 1.29 is 0 Å². The minimum absolute atomic E-state index is 1.16. The molecule has 0 N–H and O–H groups in total. The van der Waals surface area contributed by atoms with Gasteiger partial charge < -0.3 is 9.80 Å². The molecule has 2 rings (SSSR count). The van der Waals surface area contributed by atoms with Gasteiger partial charge in [-0.1, -0.05) is 32.0 Å². The average Bonchev–Trinajstić information content (AvgIpc) is 2.74. The molecule has 1 aromatic rings. The first-order chi connectivity index (χ1) is 7.85. The molecular weight excluding hydrogens is 196 g/mol. The minimum atomic E-state index is 1.16. The van der Waals surface area contributed by atoms with E-state index >= 15 is 0 Å². The third-order valence-electron chi connectivity index (χ3n) is 3.56. The Bertz CT molecular complexity index is 331. The second kappa shape index (κ2) is 5.35. The van der Waals surface area contributed by atoms with Crippen molar-refractivity contribution in [3.8, 4) is 0 Å². The Labute approximate surface area is 98.9 Å². The van der Waals surface area contributed by atoms with Gasteiger partial charge >= 0.3 is 0 Å². The number of para-hydroxylation sites is 1. The van der Waals surface area contributed by atoms with Gasteiger partial charge in [-0.2, -0.15) is 0 Å². The molecule has 0 unspecified atom stereocenters.